The number of hydrogen-bond donors (Lipinski definition) is 3. The fourth-order valence-corrected chi connectivity index (χ4v) is 2.98. The van der Waals surface area contributed by atoms with Gasteiger partial charge in [-0.1, -0.05) is 38.1 Å². The number of aromatic nitrogens is 3. The molecule has 0 bridgehead atoms. The fraction of sp³-hybridized carbons (Fsp3) is 0.333. The highest BCUT2D eigenvalue weighted by Crippen LogP contribution is 2.25. The largest absolute Gasteiger partial charge is 0.351 e. The van der Waals surface area contributed by atoms with E-state index in [9.17, 15) is 9.59 Å². The standard InChI is InChI=1S/C21H26N6O2/c1-5-22-19(28)17-11-16(15-9-7-14(8-10-15)13(3)4)12-18-24-20(26-27(17)18)25-21(29)23-6-2/h7-13H,5-6H2,1-4H3,(H,22,28)(H2,23,25,26,29). The molecule has 3 rings (SSSR count). The third-order valence-electron chi connectivity index (χ3n) is 4.48. The summed E-state index contributed by atoms with van der Waals surface area (Å²) in [6.45, 7) is 8.95. The van der Waals surface area contributed by atoms with E-state index in [-0.39, 0.29) is 11.9 Å². The average Bonchev–Trinajstić information content (AvgIpc) is 3.09. The van der Waals surface area contributed by atoms with Crippen LogP contribution in [0.4, 0.5) is 10.7 Å². The summed E-state index contributed by atoms with van der Waals surface area (Å²) < 4.78 is 1.44. The van der Waals surface area contributed by atoms with Crippen LogP contribution in [0.3, 0.4) is 0 Å². The Balaban J connectivity index is 2.06. The first-order chi connectivity index (χ1) is 13.9. The third-order valence-corrected chi connectivity index (χ3v) is 4.48. The van der Waals surface area contributed by atoms with Gasteiger partial charge in [0.15, 0.2) is 5.65 Å². The molecule has 0 aliphatic carbocycles. The summed E-state index contributed by atoms with van der Waals surface area (Å²) in [6, 6.07) is 11.5. The molecule has 0 saturated carbocycles. The molecule has 8 nitrogen and oxygen atoms in total. The molecule has 0 saturated heterocycles. The van der Waals surface area contributed by atoms with Crippen LogP contribution in [0.5, 0.6) is 0 Å². The average molecular weight is 394 g/mol. The number of benzene rings is 1. The van der Waals surface area contributed by atoms with E-state index >= 15 is 0 Å². The van der Waals surface area contributed by atoms with Crippen molar-refractivity contribution in [2.45, 2.75) is 33.6 Å². The van der Waals surface area contributed by atoms with Gasteiger partial charge in [0.2, 0.25) is 0 Å². The summed E-state index contributed by atoms with van der Waals surface area (Å²) in [7, 11) is 0. The minimum Gasteiger partial charge on any atom is -0.351 e. The molecule has 29 heavy (non-hydrogen) atoms. The number of carbonyl (C=O) groups is 2. The molecule has 2 aromatic heterocycles. The van der Waals surface area contributed by atoms with Gasteiger partial charge in [0.25, 0.3) is 11.9 Å². The van der Waals surface area contributed by atoms with Crippen LogP contribution in [0.2, 0.25) is 0 Å². The lowest BCUT2D eigenvalue weighted by molar-refractivity contribution is 0.0948. The maximum atomic E-state index is 12.6. The van der Waals surface area contributed by atoms with Gasteiger partial charge in [-0.2, -0.15) is 4.98 Å². The van der Waals surface area contributed by atoms with E-state index in [4.69, 9.17) is 0 Å². The second-order valence-electron chi connectivity index (χ2n) is 6.96. The summed E-state index contributed by atoms with van der Waals surface area (Å²) in [5.74, 6) is 0.318. The number of pyridine rings is 1. The summed E-state index contributed by atoms with van der Waals surface area (Å²) in [5.41, 5.74) is 3.90. The van der Waals surface area contributed by atoms with Gasteiger partial charge in [0.05, 0.1) is 0 Å². The van der Waals surface area contributed by atoms with E-state index in [1.807, 2.05) is 32.0 Å². The normalized spacial score (nSPS) is 10.9. The van der Waals surface area contributed by atoms with Crippen LogP contribution in [0.1, 0.15) is 49.7 Å². The Bertz CT molecular complexity index is 1020. The van der Waals surface area contributed by atoms with E-state index in [1.165, 1.54) is 10.1 Å². The molecule has 0 atom stereocenters. The topological polar surface area (TPSA) is 100 Å². The predicted molar refractivity (Wildman–Crippen MR) is 113 cm³/mol. The second kappa shape index (κ2) is 8.72. The number of rotatable bonds is 6. The fourth-order valence-electron chi connectivity index (χ4n) is 2.98. The zero-order valence-electron chi connectivity index (χ0n) is 17.1. The molecule has 2 heterocycles. The van der Waals surface area contributed by atoms with Gasteiger partial charge in [-0.3, -0.25) is 10.1 Å². The number of hydrogen-bond acceptors (Lipinski definition) is 4. The monoisotopic (exact) mass is 394 g/mol. The van der Waals surface area contributed by atoms with Crippen LogP contribution in [0, 0.1) is 0 Å². The van der Waals surface area contributed by atoms with Crippen LogP contribution < -0.4 is 16.0 Å². The third kappa shape index (κ3) is 4.53. The smallest absolute Gasteiger partial charge is 0.321 e. The molecule has 3 amide bonds. The van der Waals surface area contributed by atoms with Crippen molar-refractivity contribution in [3.63, 3.8) is 0 Å². The van der Waals surface area contributed by atoms with Crippen LogP contribution in [-0.4, -0.2) is 39.6 Å². The molecule has 0 unspecified atom stereocenters. The van der Waals surface area contributed by atoms with Gasteiger partial charge in [0, 0.05) is 13.1 Å². The van der Waals surface area contributed by atoms with Crippen molar-refractivity contribution < 1.29 is 9.59 Å². The Kier molecular flexibility index (Phi) is 6.11. The zero-order chi connectivity index (χ0) is 21.0. The first-order valence-electron chi connectivity index (χ1n) is 9.77. The maximum absolute atomic E-state index is 12.6. The summed E-state index contributed by atoms with van der Waals surface area (Å²) >= 11 is 0. The van der Waals surface area contributed by atoms with Crippen molar-refractivity contribution in [1.29, 1.82) is 0 Å². The lowest BCUT2D eigenvalue weighted by atomic mass is 9.99. The number of urea groups is 1. The van der Waals surface area contributed by atoms with E-state index in [1.54, 1.807) is 6.07 Å². The molecule has 0 aliphatic heterocycles. The minimum atomic E-state index is -0.396. The number of fused-ring (bicyclic) bond motifs is 1. The summed E-state index contributed by atoms with van der Waals surface area (Å²) in [4.78, 5) is 28.8. The lowest BCUT2D eigenvalue weighted by Crippen LogP contribution is -2.28. The first kappa shape index (κ1) is 20.3. The Hall–Kier alpha value is -3.42. The van der Waals surface area contributed by atoms with Gasteiger partial charge in [-0.15, -0.1) is 5.10 Å². The van der Waals surface area contributed by atoms with Crippen molar-refractivity contribution in [2.75, 3.05) is 18.4 Å². The summed E-state index contributed by atoms with van der Waals surface area (Å²) in [6.07, 6.45) is 0. The molecule has 152 valence electrons. The number of amides is 3. The number of anilines is 1. The van der Waals surface area contributed by atoms with Gasteiger partial charge < -0.3 is 10.6 Å². The van der Waals surface area contributed by atoms with Crippen LogP contribution in [0.25, 0.3) is 16.8 Å². The molecule has 8 heteroatoms. The van der Waals surface area contributed by atoms with Gasteiger partial charge in [0.1, 0.15) is 5.69 Å². The molecule has 0 spiro atoms. The zero-order valence-corrected chi connectivity index (χ0v) is 17.1. The molecule has 1 aromatic carbocycles. The van der Waals surface area contributed by atoms with Crippen molar-refractivity contribution in [3.8, 4) is 11.1 Å². The van der Waals surface area contributed by atoms with E-state index in [0.717, 1.165) is 11.1 Å². The molecular weight excluding hydrogens is 368 g/mol. The van der Waals surface area contributed by atoms with Gasteiger partial charge >= 0.3 is 6.03 Å². The highest BCUT2D eigenvalue weighted by Gasteiger charge is 2.17. The Labute approximate surface area is 169 Å². The molecular formula is C21H26N6O2. The van der Waals surface area contributed by atoms with Crippen LogP contribution >= 0.6 is 0 Å². The van der Waals surface area contributed by atoms with Crippen molar-refractivity contribution in [2.24, 2.45) is 0 Å². The maximum Gasteiger partial charge on any atom is 0.321 e. The van der Waals surface area contributed by atoms with E-state index in [2.05, 4.69) is 52.0 Å². The Morgan fingerprint density at radius 3 is 2.31 bits per heavy atom. The molecule has 0 fully saturated rings. The van der Waals surface area contributed by atoms with Crippen molar-refractivity contribution in [1.82, 2.24) is 25.2 Å². The van der Waals surface area contributed by atoms with E-state index < -0.39 is 6.03 Å². The number of nitrogens with zero attached hydrogens (tertiary/aromatic N) is 3. The second-order valence-corrected chi connectivity index (χ2v) is 6.96. The molecule has 0 radical (unpaired) electrons. The van der Waals surface area contributed by atoms with E-state index in [0.29, 0.717) is 30.3 Å². The quantitative estimate of drug-likeness (QED) is 0.596. The Morgan fingerprint density at radius 2 is 1.69 bits per heavy atom. The summed E-state index contributed by atoms with van der Waals surface area (Å²) in [5, 5.41) is 12.3. The highest BCUT2D eigenvalue weighted by atomic mass is 16.2. The Morgan fingerprint density at radius 1 is 1.00 bits per heavy atom. The SMILES string of the molecule is CCNC(=O)Nc1nc2cc(-c3ccc(C(C)C)cc3)cc(C(=O)NCC)n2n1. The van der Waals surface area contributed by atoms with Gasteiger partial charge in [-0.05, 0) is 48.6 Å². The first-order valence-corrected chi connectivity index (χ1v) is 9.77. The molecule has 3 aromatic rings. The molecule has 0 aliphatic rings. The predicted octanol–water partition coefficient (Wildman–Crippen LogP) is 3.41. The van der Waals surface area contributed by atoms with Gasteiger partial charge in [-0.25, -0.2) is 9.31 Å². The lowest BCUT2D eigenvalue weighted by Gasteiger charge is -2.10. The van der Waals surface area contributed by atoms with Crippen LogP contribution in [0.15, 0.2) is 36.4 Å². The van der Waals surface area contributed by atoms with Crippen LogP contribution in [-0.2, 0) is 0 Å². The molecule has 3 N–H and O–H groups in total. The number of nitrogens with one attached hydrogen (secondary N) is 3. The van der Waals surface area contributed by atoms with Crippen molar-refractivity contribution >= 4 is 23.5 Å². The van der Waals surface area contributed by atoms with Crippen molar-refractivity contribution in [3.05, 3.63) is 47.7 Å². The minimum absolute atomic E-state index is 0.133. The number of carbonyl (C=O) groups excluding carboxylic acids is 2. The highest BCUT2D eigenvalue weighted by molar-refractivity contribution is 5.95.